The van der Waals surface area contributed by atoms with Gasteiger partial charge in [-0.25, -0.2) is 16.8 Å². The van der Waals surface area contributed by atoms with E-state index in [0.717, 1.165) is 24.0 Å². The van der Waals surface area contributed by atoms with E-state index in [4.69, 9.17) is 0 Å². The van der Waals surface area contributed by atoms with Crippen LogP contribution < -0.4 is 0 Å². The van der Waals surface area contributed by atoms with Gasteiger partial charge in [-0.2, -0.15) is 0 Å². The molecule has 0 saturated heterocycles. The molecule has 30 heavy (non-hydrogen) atoms. The molecule has 0 N–H and O–H groups in total. The lowest BCUT2D eigenvalue weighted by Gasteiger charge is -2.20. The van der Waals surface area contributed by atoms with Crippen molar-refractivity contribution in [2.45, 2.75) is 50.8 Å². The molecule has 4 nitrogen and oxygen atoms in total. The van der Waals surface area contributed by atoms with Gasteiger partial charge in [-0.05, 0) is 48.1 Å². The number of hydrogen-bond donors (Lipinski definition) is 0. The van der Waals surface area contributed by atoms with Crippen LogP contribution in [0.5, 0.6) is 0 Å². The van der Waals surface area contributed by atoms with E-state index in [1.54, 1.807) is 0 Å². The fourth-order valence-corrected chi connectivity index (χ4v) is 13.4. The largest absolute Gasteiger partial charge is 0.225 e. The zero-order chi connectivity index (χ0) is 22.0. The van der Waals surface area contributed by atoms with E-state index in [1.165, 1.54) is 0 Å². The third kappa shape index (κ3) is 10.0. The lowest BCUT2D eigenvalue weighted by molar-refractivity contribution is 0.604. The van der Waals surface area contributed by atoms with Gasteiger partial charge >= 0.3 is 0 Å². The molecule has 0 spiro atoms. The summed E-state index contributed by atoms with van der Waals surface area (Å²) >= 11 is 0. The standard InChI is InChI=1S/C22H32O4P2S2/c1-19(27-29(23,24)17-9-15-21-11-5-3-6-12-21)20(2)28-30(25,26)18-10-16-22-13-7-4-8-14-22/h3-8,11-14,19-20,27-28H,9-10,15-18H2,1-2H3. The molecule has 0 fully saturated rings. The minimum atomic E-state index is -3.17. The Morgan fingerprint density at radius 3 is 1.30 bits per heavy atom. The van der Waals surface area contributed by atoms with Crippen LogP contribution in [0.1, 0.15) is 37.8 Å². The lowest BCUT2D eigenvalue weighted by atomic mass is 10.1. The second kappa shape index (κ2) is 12.3. The van der Waals surface area contributed by atoms with Crippen LogP contribution in [0.4, 0.5) is 0 Å². The molecule has 0 radical (unpaired) electrons. The molecule has 2 aromatic rings. The Hall–Kier alpha value is -0.800. The summed E-state index contributed by atoms with van der Waals surface area (Å²) in [6, 6.07) is 19.7. The van der Waals surface area contributed by atoms with Gasteiger partial charge < -0.3 is 0 Å². The van der Waals surface area contributed by atoms with E-state index in [1.807, 2.05) is 74.5 Å². The van der Waals surface area contributed by atoms with Gasteiger partial charge in [-0.1, -0.05) is 74.5 Å². The normalized spacial score (nSPS) is 15.1. The molecule has 0 aliphatic rings. The molecule has 2 aromatic carbocycles. The van der Waals surface area contributed by atoms with E-state index >= 15 is 0 Å². The molecule has 0 heterocycles. The average molecular weight is 487 g/mol. The maximum atomic E-state index is 12.5. The second-order valence-electron chi connectivity index (χ2n) is 7.63. The Kier molecular flexibility index (Phi) is 10.4. The summed E-state index contributed by atoms with van der Waals surface area (Å²) in [5, 5.41) is 0. The van der Waals surface area contributed by atoms with Crippen LogP contribution in [-0.2, 0) is 31.8 Å². The Morgan fingerprint density at radius 2 is 0.967 bits per heavy atom. The van der Waals surface area contributed by atoms with Crippen LogP contribution in [0, 0.1) is 0 Å². The van der Waals surface area contributed by atoms with Gasteiger partial charge in [0.15, 0.2) is 18.9 Å². The highest BCUT2D eigenvalue weighted by atomic mass is 32.8. The molecule has 4 unspecified atom stereocenters. The summed E-state index contributed by atoms with van der Waals surface area (Å²) in [6.45, 7) is 3.73. The van der Waals surface area contributed by atoms with Gasteiger partial charge in [0.25, 0.3) is 0 Å². The van der Waals surface area contributed by atoms with Crippen molar-refractivity contribution >= 4 is 34.5 Å². The number of benzene rings is 2. The van der Waals surface area contributed by atoms with Crippen molar-refractivity contribution in [3.05, 3.63) is 71.8 Å². The van der Waals surface area contributed by atoms with Crippen molar-refractivity contribution in [1.82, 2.24) is 0 Å². The van der Waals surface area contributed by atoms with Gasteiger partial charge in [0, 0.05) is 15.6 Å². The molecule has 166 valence electrons. The highest BCUT2D eigenvalue weighted by Crippen LogP contribution is 2.40. The van der Waals surface area contributed by atoms with Crippen molar-refractivity contribution < 1.29 is 16.8 Å². The minimum absolute atomic E-state index is 0.144. The topological polar surface area (TPSA) is 68.3 Å². The van der Waals surface area contributed by atoms with Crippen molar-refractivity contribution in [2.24, 2.45) is 0 Å². The number of rotatable bonds is 13. The van der Waals surface area contributed by atoms with E-state index < -0.39 is 18.9 Å². The summed E-state index contributed by atoms with van der Waals surface area (Å²) in [5.41, 5.74) is 1.99. The predicted molar refractivity (Wildman–Crippen MR) is 133 cm³/mol. The summed E-state index contributed by atoms with van der Waals surface area (Å²) in [5.74, 6) is 0.314. The fraction of sp³-hybridized carbons (Fsp3) is 0.455. The fourth-order valence-electron chi connectivity index (χ4n) is 3.11. The monoisotopic (exact) mass is 486 g/mol. The van der Waals surface area contributed by atoms with Crippen LogP contribution in [0.25, 0.3) is 0 Å². The molecule has 0 bridgehead atoms. The third-order valence-corrected chi connectivity index (χ3v) is 15.0. The lowest BCUT2D eigenvalue weighted by Crippen LogP contribution is -2.17. The maximum absolute atomic E-state index is 12.5. The highest BCUT2D eigenvalue weighted by Gasteiger charge is 2.24. The molecular weight excluding hydrogens is 454 g/mol. The Bertz CT molecular complexity index is 881. The van der Waals surface area contributed by atoms with Crippen molar-refractivity contribution in [1.29, 1.82) is 0 Å². The van der Waals surface area contributed by atoms with Crippen LogP contribution in [-0.4, -0.2) is 39.7 Å². The molecule has 0 aliphatic heterocycles. The first-order valence-electron chi connectivity index (χ1n) is 10.2. The third-order valence-electron chi connectivity index (χ3n) is 4.92. The van der Waals surface area contributed by atoms with E-state index in [9.17, 15) is 16.8 Å². The van der Waals surface area contributed by atoms with Crippen LogP contribution in [0.2, 0.25) is 0 Å². The van der Waals surface area contributed by atoms with Crippen LogP contribution in [0.3, 0.4) is 0 Å². The van der Waals surface area contributed by atoms with E-state index in [0.29, 0.717) is 12.8 Å². The molecule has 2 rings (SSSR count). The summed E-state index contributed by atoms with van der Waals surface area (Å²) < 4.78 is 50.0. The molecule has 4 atom stereocenters. The van der Waals surface area contributed by atoms with Crippen molar-refractivity contribution in [3.8, 4) is 0 Å². The van der Waals surface area contributed by atoms with Gasteiger partial charge in [0.2, 0.25) is 0 Å². The zero-order valence-electron chi connectivity index (χ0n) is 17.6. The Labute approximate surface area is 185 Å². The van der Waals surface area contributed by atoms with Gasteiger partial charge in [-0.15, -0.1) is 0 Å². The summed E-state index contributed by atoms with van der Waals surface area (Å²) in [6.07, 6.45) is 2.68. The SMILES string of the molecule is CC(PS(=O)(=O)CCCc1ccccc1)C(C)PS(=O)(=O)CCCc1ccccc1. The average Bonchev–Trinajstić information content (AvgIpc) is 2.68. The number of hydrogen-bond acceptors (Lipinski definition) is 4. The molecule has 0 aromatic heterocycles. The molecule has 0 amide bonds. The summed E-state index contributed by atoms with van der Waals surface area (Å²) in [4.78, 5) is 0. The Morgan fingerprint density at radius 1 is 0.633 bits per heavy atom. The highest BCUT2D eigenvalue weighted by molar-refractivity contribution is 8.45. The number of aryl methyl sites for hydroxylation is 2. The molecule has 8 heteroatoms. The zero-order valence-corrected chi connectivity index (χ0v) is 21.3. The van der Waals surface area contributed by atoms with Crippen molar-refractivity contribution in [2.75, 3.05) is 11.5 Å². The maximum Gasteiger partial charge on any atom is 0.164 e. The molecule has 0 aliphatic carbocycles. The van der Waals surface area contributed by atoms with Crippen LogP contribution >= 0.6 is 15.6 Å². The van der Waals surface area contributed by atoms with Gasteiger partial charge in [-0.3, -0.25) is 0 Å². The Balaban J connectivity index is 1.75. The first-order valence-corrected chi connectivity index (χ1v) is 17.2. The van der Waals surface area contributed by atoms with E-state index in [-0.39, 0.29) is 38.4 Å². The molecule has 0 saturated carbocycles. The quantitative estimate of drug-likeness (QED) is 0.372. The summed E-state index contributed by atoms with van der Waals surface area (Å²) in [7, 11) is -6.81. The first kappa shape index (κ1) is 25.5. The van der Waals surface area contributed by atoms with Crippen molar-refractivity contribution in [3.63, 3.8) is 0 Å². The minimum Gasteiger partial charge on any atom is -0.225 e. The second-order valence-corrected chi connectivity index (χ2v) is 18.3. The van der Waals surface area contributed by atoms with Gasteiger partial charge in [0.05, 0.1) is 11.5 Å². The van der Waals surface area contributed by atoms with Crippen LogP contribution in [0.15, 0.2) is 60.7 Å². The predicted octanol–water partition coefficient (Wildman–Crippen LogP) is 5.05. The smallest absolute Gasteiger partial charge is 0.164 e. The van der Waals surface area contributed by atoms with E-state index in [2.05, 4.69) is 0 Å². The molecular formula is C22H32O4P2S2. The van der Waals surface area contributed by atoms with Gasteiger partial charge in [0.1, 0.15) is 0 Å². The first-order chi connectivity index (χ1) is 14.2.